The number of aromatic nitrogens is 1. The minimum Gasteiger partial charge on any atom is -0.497 e. The highest BCUT2D eigenvalue weighted by Crippen LogP contribution is 2.42. The van der Waals surface area contributed by atoms with Gasteiger partial charge in [-0.2, -0.15) is 13.0 Å². The molecule has 9 heteroatoms. The van der Waals surface area contributed by atoms with Gasteiger partial charge in [0.2, 0.25) is 11.5 Å². The topological polar surface area (TPSA) is 93.1 Å². The van der Waals surface area contributed by atoms with Gasteiger partial charge in [0.25, 0.3) is 15.6 Å². The van der Waals surface area contributed by atoms with Crippen LogP contribution in [0.4, 0.5) is 5.69 Å². The molecule has 2 heterocycles. The quantitative estimate of drug-likeness (QED) is 0.120. The van der Waals surface area contributed by atoms with Gasteiger partial charge < -0.3 is 18.8 Å². The first-order chi connectivity index (χ1) is 19.4. The summed E-state index contributed by atoms with van der Waals surface area (Å²) < 4.78 is 52.1. The maximum absolute atomic E-state index is 11.3. The Hall–Kier alpha value is -3.82. The third-order valence-electron chi connectivity index (χ3n) is 7.04. The second-order valence-electron chi connectivity index (χ2n) is 9.91. The Morgan fingerprint density at radius 2 is 1.80 bits per heavy atom. The highest BCUT2D eigenvalue weighted by atomic mass is 32.2. The highest BCUT2D eigenvalue weighted by Gasteiger charge is 2.30. The van der Waals surface area contributed by atoms with E-state index in [-0.39, 0.29) is 5.75 Å². The average Bonchev–Trinajstić information content (AvgIpc) is 3.47. The molecule has 0 atom stereocenters. The van der Waals surface area contributed by atoms with Crippen LogP contribution in [0, 0.1) is 0 Å². The molecule has 0 aliphatic carbocycles. The molecule has 1 aliphatic rings. The van der Waals surface area contributed by atoms with Crippen LogP contribution in [0.3, 0.4) is 0 Å². The Morgan fingerprint density at radius 3 is 2.55 bits per heavy atom. The molecule has 0 fully saturated rings. The second-order valence-corrected chi connectivity index (χ2v) is 11.5. The fourth-order valence-electron chi connectivity index (χ4n) is 4.98. The minimum atomic E-state index is -4.02. The lowest BCUT2D eigenvalue weighted by molar-refractivity contribution is -0.678. The molecular formula is C31H35N2O6S+. The van der Waals surface area contributed by atoms with Crippen molar-refractivity contribution in [1.82, 2.24) is 0 Å². The third-order valence-corrected chi connectivity index (χ3v) is 7.85. The molecule has 8 nitrogen and oxygen atoms in total. The predicted molar refractivity (Wildman–Crippen MR) is 156 cm³/mol. The van der Waals surface area contributed by atoms with Crippen molar-refractivity contribution >= 4 is 33.0 Å². The van der Waals surface area contributed by atoms with E-state index in [2.05, 4.69) is 34.6 Å². The lowest BCUT2D eigenvalue weighted by atomic mass is 10.0. The lowest BCUT2D eigenvalue weighted by Crippen LogP contribution is -2.36. The summed E-state index contributed by atoms with van der Waals surface area (Å²) >= 11 is 0. The summed E-state index contributed by atoms with van der Waals surface area (Å²) in [4.78, 5) is 2.05. The fourth-order valence-corrected chi connectivity index (χ4v) is 5.54. The Kier molecular flexibility index (Phi) is 8.42. The summed E-state index contributed by atoms with van der Waals surface area (Å²) in [6.07, 6.45) is 5.99. The zero-order chi connectivity index (χ0) is 28.1. The molecule has 0 saturated heterocycles. The van der Waals surface area contributed by atoms with Crippen LogP contribution >= 0.6 is 0 Å². The van der Waals surface area contributed by atoms with Crippen molar-refractivity contribution in [2.24, 2.45) is 0 Å². The second kappa shape index (κ2) is 12.1. The lowest BCUT2D eigenvalue weighted by Gasteiger charge is -2.18. The van der Waals surface area contributed by atoms with Crippen LogP contribution in [0.2, 0.25) is 0 Å². The van der Waals surface area contributed by atoms with Crippen molar-refractivity contribution in [3.8, 4) is 22.6 Å². The molecule has 0 unspecified atom stereocenters. The molecule has 1 N–H and O–H groups in total. The highest BCUT2D eigenvalue weighted by molar-refractivity contribution is 7.85. The van der Waals surface area contributed by atoms with Crippen LogP contribution < -0.4 is 18.9 Å². The normalized spacial score (nSPS) is 14.1. The molecule has 0 amide bonds. The average molecular weight is 564 g/mol. The van der Waals surface area contributed by atoms with Crippen LogP contribution in [0.1, 0.15) is 44.9 Å². The van der Waals surface area contributed by atoms with E-state index in [9.17, 15) is 13.0 Å². The molecular weight excluding hydrogens is 528 g/mol. The van der Waals surface area contributed by atoms with E-state index >= 15 is 0 Å². The molecule has 1 aromatic heterocycles. The molecule has 0 bridgehead atoms. The zero-order valence-electron chi connectivity index (χ0n) is 22.9. The number of hydrogen-bond donors (Lipinski definition) is 1. The number of nitrogens with zero attached hydrogens (tertiary/aromatic N) is 2. The summed E-state index contributed by atoms with van der Waals surface area (Å²) in [5.74, 6) is 2.46. The Bertz CT molecular complexity index is 1610. The van der Waals surface area contributed by atoms with Crippen molar-refractivity contribution < 1.29 is 31.4 Å². The van der Waals surface area contributed by atoms with Gasteiger partial charge in [-0.25, -0.2) is 0 Å². The Labute approximate surface area is 235 Å². The van der Waals surface area contributed by atoms with E-state index in [0.717, 1.165) is 65.2 Å². The maximum Gasteiger partial charge on any atom is 0.379 e. The predicted octanol–water partition coefficient (Wildman–Crippen LogP) is 6.45. The van der Waals surface area contributed by atoms with Crippen molar-refractivity contribution in [3.63, 3.8) is 0 Å². The molecule has 40 heavy (non-hydrogen) atoms. The molecule has 210 valence electrons. The SMILES string of the molecule is CCCCC[n+]1c(/C=C2\Oc3ccc(-c4ccccc4)cc3N2CCCCS(=O)(=O)O)oc2ccc(OC)cc21. The number of rotatable bonds is 12. The smallest absolute Gasteiger partial charge is 0.379 e. The number of oxazole rings is 1. The van der Waals surface area contributed by atoms with Crippen LogP contribution in [0.25, 0.3) is 28.3 Å². The summed E-state index contributed by atoms with van der Waals surface area (Å²) in [5, 5.41) is 0. The van der Waals surface area contributed by atoms with Crippen molar-refractivity contribution in [1.29, 1.82) is 0 Å². The number of hydrogen-bond acceptors (Lipinski definition) is 6. The summed E-state index contributed by atoms with van der Waals surface area (Å²) in [5.41, 5.74) is 4.75. The van der Waals surface area contributed by atoms with Gasteiger partial charge in [-0.1, -0.05) is 49.7 Å². The van der Waals surface area contributed by atoms with Crippen LogP contribution in [0.15, 0.2) is 77.0 Å². The van der Waals surface area contributed by atoms with Crippen molar-refractivity contribution in [2.45, 2.75) is 45.6 Å². The monoisotopic (exact) mass is 563 g/mol. The number of anilines is 1. The van der Waals surface area contributed by atoms with E-state index in [1.165, 1.54) is 0 Å². The van der Waals surface area contributed by atoms with E-state index in [1.54, 1.807) is 7.11 Å². The minimum absolute atomic E-state index is 0.277. The molecule has 0 saturated carbocycles. The number of benzene rings is 3. The summed E-state index contributed by atoms with van der Waals surface area (Å²) in [6.45, 7) is 3.47. The van der Waals surface area contributed by atoms with Gasteiger partial charge in [-0.3, -0.25) is 4.55 Å². The van der Waals surface area contributed by atoms with E-state index in [4.69, 9.17) is 13.9 Å². The molecule has 1 aliphatic heterocycles. The first kappa shape index (κ1) is 27.7. The van der Waals surface area contributed by atoms with Gasteiger partial charge in [-0.05, 0) is 54.7 Å². The number of methoxy groups -OCH3 is 1. The molecule has 3 aromatic carbocycles. The van der Waals surface area contributed by atoms with Gasteiger partial charge in [0, 0.05) is 13.0 Å². The molecule has 0 spiro atoms. The largest absolute Gasteiger partial charge is 0.497 e. The number of unbranched alkanes of at least 4 members (excludes halogenated alkanes) is 3. The van der Waals surface area contributed by atoms with Crippen molar-refractivity contribution in [2.75, 3.05) is 24.3 Å². The first-order valence-corrected chi connectivity index (χ1v) is 15.3. The summed E-state index contributed by atoms with van der Waals surface area (Å²) in [6, 6.07) is 22.0. The number of aryl methyl sites for hydroxylation is 1. The zero-order valence-corrected chi connectivity index (χ0v) is 23.7. The maximum atomic E-state index is 11.3. The van der Waals surface area contributed by atoms with E-state index in [1.807, 2.05) is 54.6 Å². The summed E-state index contributed by atoms with van der Waals surface area (Å²) in [7, 11) is -2.36. The van der Waals surface area contributed by atoms with Crippen LogP contribution in [-0.4, -0.2) is 32.4 Å². The van der Waals surface area contributed by atoms with Crippen molar-refractivity contribution in [3.05, 3.63) is 78.5 Å². The first-order valence-electron chi connectivity index (χ1n) is 13.7. The Balaban J connectivity index is 1.53. The van der Waals surface area contributed by atoms with Crippen LogP contribution in [0.5, 0.6) is 11.5 Å². The van der Waals surface area contributed by atoms with Gasteiger partial charge in [-0.15, -0.1) is 0 Å². The van der Waals surface area contributed by atoms with Crippen LogP contribution in [-0.2, 0) is 16.7 Å². The van der Waals surface area contributed by atoms with E-state index in [0.29, 0.717) is 31.2 Å². The van der Waals surface area contributed by atoms with Gasteiger partial charge in [0.1, 0.15) is 11.8 Å². The number of ether oxygens (including phenoxy) is 2. The fraction of sp³-hybridized carbons (Fsp3) is 0.323. The third kappa shape index (κ3) is 6.32. The van der Waals surface area contributed by atoms with Gasteiger partial charge >= 0.3 is 5.89 Å². The molecule has 4 aromatic rings. The standard InChI is InChI=1S/C31H34N2O6S/c1-3-4-8-17-33-27-21-25(37-2)14-16-29(27)39-31(33)22-30-32(18-9-10-19-40(34,35)36)26-20-24(13-15-28(26)38-30)23-11-6-5-7-12-23/h5-7,11-16,20-22H,3-4,8-10,17-19H2,1-2H3/p+1. The van der Waals surface area contributed by atoms with E-state index < -0.39 is 10.1 Å². The molecule has 5 rings (SSSR count). The molecule has 0 radical (unpaired) electrons. The Morgan fingerprint density at radius 1 is 0.975 bits per heavy atom. The van der Waals surface area contributed by atoms with Gasteiger partial charge in [0.15, 0.2) is 12.3 Å². The number of fused-ring (bicyclic) bond motifs is 2. The van der Waals surface area contributed by atoms with Gasteiger partial charge in [0.05, 0.1) is 24.6 Å².